The molecule has 3 rings (SSSR count). The molecule has 0 saturated carbocycles. The number of hydrogen-bond acceptors (Lipinski definition) is 7. The number of nitro benzene ring substituents is 1. The van der Waals surface area contributed by atoms with Gasteiger partial charge in [0.2, 0.25) is 5.91 Å². The van der Waals surface area contributed by atoms with Crippen molar-refractivity contribution in [2.24, 2.45) is 0 Å². The van der Waals surface area contributed by atoms with Crippen molar-refractivity contribution < 1.29 is 19.2 Å². The van der Waals surface area contributed by atoms with Crippen LogP contribution in [0.1, 0.15) is 13.8 Å². The molecule has 1 aromatic carbocycles. The van der Waals surface area contributed by atoms with Crippen molar-refractivity contribution in [3.8, 4) is 5.75 Å². The number of hydrogen-bond donors (Lipinski definition) is 2. The van der Waals surface area contributed by atoms with Gasteiger partial charge in [0.05, 0.1) is 4.92 Å². The first-order chi connectivity index (χ1) is 12.7. The Morgan fingerprint density at radius 2 is 1.96 bits per heavy atom. The van der Waals surface area contributed by atoms with Crippen LogP contribution in [-0.4, -0.2) is 33.9 Å². The number of rotatable bonds is 4. The zero-order chi connectivity index (χ0) is 19.8. The van der Waals surface area contributed by atoms with Crippen LogP contribution in [0.2, 0.25) is 0 Å². The third-order valence-corrected chi connectivity index (χ3v) is 3.91. The maximum atomic E-state index is 12.7. The Balaban J connectivity index is 1.81. The maximum absolute atomic E-state index is 12.7. The number of fused-ring (bicyclic) bond motifs is 1. The Hall–Kier alpha value is -3.69. The van der Waals surface area contributed by atoms with Crippen LogP contribution in [0.3, 0.4) is 0 Å². The number of pyridine rings is 1. The van der Waals surface area contributed by atoms with Crippen molar-refractivity contribution in [2.45, 2.75) is 19.4 Å². The van der Waals surface area contributed by atoms with E-state index in [1.165, 1.54) is 29.2 Å². The minimum atomic E-state index is -1.17. The molecule has 1 aliphatic rings. The van der Waals surface area contributed by atoms with E-state index in [1.807, 2.05) is 0 Å². The molecule has 0 aliphatic carbocycles. The summed E-state index contributed by atoms with van der Waals surface area (Å²) in [5.74, 6) is -0.238. The van der Waals surface area contributed by atoms with E-state index in [-0.39, 0.29) is 23.9 Å². The van der Waals surface area contributed by atoms with Crippen LogP contribution in [0, 0.1) is 10.1 Å². The molecule has 1 aromatic heterocycles. The molecule has 0 fully saturated rings. The molecule has 1 aliphatic heterocycles. The summed E-state index contributed by atoms with van der Waals surface area (Å²) in [6.07, 6.45) is 0. The van der Waals surface area contributed by atoms with Gasteiger partial charge in [0.1, 0.15) is 12.4 Å². The second-order valence-electron chi connectivity index (χ2n) is 6.41. The van der Waals surface area contributed by atoms with Crippen LogP contribution < -0.4 is 20.7 Å². The third kappa shape index (κ3) is 3.64. The van der Waals surface area contributed by atoms with Crippen molar-refractivity contribution in [1.82, 2.24) is 4.98 Å². The van der Waals surface area contributed by atoms with E-state index in [0.717, 1.165) is 0 Å². The lowest BCUT2D eigenvalue weighted by Crippen LogP contribution is -2.54. The average Bonchev–Trinajstić information content (AvgIpc) is 2.60. The molecule has 0 radical (unpaired) electrons. The highest BCUT2D eigenvalue weighted by Gasteiger charge is 2.42. The van der Waals surface area contributed by atoms with Crippen LogP contribution in [0.15, 0.2) is 36.4 Å². The number of nitrogen functional groups attached to an aromatic ring is 1. The first-order valence-corrected chi connectivity index (χ1v) is 7.99. The summed E-state index contributed by atoms with van der Waals surface area (Å²) in [7, 11) is 0. The second kappa shape index (κ2) is 6.56. The first kappa shape index (κ1) is 18.1. The number of nitrogens with two attached hydrogens (primary N) is 1. The van der Waals surface area contributed by atoms with Crippen LogP contribution in [0.25, 0.3) is 0 Å². The molecule has 0 unspecified atom stereocenters. The normalized spacial score (nSPS) is 14.9. The molecule has 2 aromatic rings. The van der Waals surface area contributed by atoms with Gasteiger partial charge in [-0.05, 0) is 38.1 Å². The summed E-state index contributed by atoms with van der Waals surface area (Å²) in [5.41, 5.74) is 4.80. The van der Waals surface area contributed by atoms with Gasteiger partial charge in [0, 0.05) is 17.8 Å². The summed E-state index contributed by atoms with van der Waals surface area (Å²) in [6.45, 7) is 2.87. The number of carbonyl (C=O) groups excluding carboxylic acids is 2. The number of nitrogens with zero attached hydrogens (tertiary/aromatic N) is 3. The molecular formula is C17H17N5O5. The lowest BCUT2D eigenvalue weighted by Gasteiger charge is -2.37. The molecule has 3 N–H and O–H groups in total. The third-order valence-electron chi connectivity index (χ3n) is 3.91. The van der Waals surface area contributed by atoms with Gasteiger partial charge in [0.15, 0.2) is 17.2 Å². The van der Waals surface area contributed by atoms with E-state index in [4.69, 9.17) is 10.5 Å². The monoisotopic (exact) mass is 371 g/mol. The number of non-ortho nitro benzene ring substituents is 1. The molecule has 0 saturated heterocycles. The van der Waals surface area contributed by atoms with Gasteiger partial charge in [-0.2, -0.15) is 0 Å². The van der Waals surface area contributed by atoms with Gasteiger partial charge in [0.25, 0.3) is 11.6 Å². The highest BCUT2D eigenvalue weighted by atomic mass is 16.6. The van der Waals surface area contributed by atoms with Crippen LogP contribution in [-0.2, 0) is 9.59 Å². The Morgan fingerprint density at radius 3 is 2.59 bits per heavy atom. The predicted octanol–water partition coefficient (Wildman–Crippen LogP) is 1.71. The quantitative estimate of drug-likeness (QED) is 0.615. The van der Waals surface area contributed by atoms with E-state index in [0.29, 0.717) is 11.4 Å². The van der Waals surface area contributed by atoms with E-state index >= 15 is 0 Å². The number of nitrogens with one attached hydrogen (secondary N) is 1. The molecule has 10 nitrogen and oxygen atoms in total. The molecular weight excluding hydrogens is 354 g/mol. The minimum Gasteiger partial charge on any atom is -0.474 e. The van der Waals surface area contributed by atoms with Crippen LogP contribution >= 0.6 is 0 Å². The van der Waals surface area contributed by atoms with Crippen molar-refractivity contribution in [3.05, 3.63) is 46.5 Å². The van der Waals surface area contributed by atoms with Gasteiger partial charge in [-0.1, -0.05) is 0 Å². The fourth-order valence-electron chi connectivity index (χ4n) is 2.62. The summed E-state index contributed by atoms with van der Waals surface area (Å²) in [4.78, 5) is 40.6. The van der Waals surface area contributed by atoms with Gasteiger partial charge in [-0.3, -0.25) is 24.6 Å². The topological polar surface area (TPSA) is 141 Å². The van der Waals surface area contributed by atoms with E-state index in [2.05, 4.69) is 10.3 Å². The molecule has 0 atom stereocenters. The standard InChI is InChI=1S/C17H17N5O5/c1-17(2)16(24)21(15-12(27-17)7-8-13(18)20-15)9-14(23)19-10-3-5-11(6-4-10)22(25)26/h3-8H,9H2,1-2H3,(H2,18,20)(H,19,23). The fraction of sp³-hybridized carbons (Fsp3) is 0.235. The number of carbonyl (C=O) groups is 2. The zero-order valence-corrected chi connectivity index (χ0v) is 14.6. The van der Waals surface area contributed by atoms with Crippen molar-refractivity contribution in [1.29, 1.82) is 0 Å². The van der Waals surface area contributed by atoms with Crippen molar-refractivity contribution in [3.63, 3.8) is 0 Å². The van der Waals surface area contributed by atoms with E-state index in [9.17, 15) is 19.7 Å². The lowest BCUT2D eigenvalue weighted by atomic mass is 10.1. The Labute approximate surface area is 154 Å². The van der Waals surface area contributed by atoms with E-state index < -0.39 is 22.3 Å². The number of aromatic nitrogens is 1. The van der Waals surface area contributed by atoms with Crippen LogP contribution in [0.4, 0.5) is 23.0 Å². The Morgan fingerprint density at radius 1 is 1.30 bits per heavy atom. The second-order valence-corrected chi connectivity index (χ2v) is 6.41. The number of amides is 2. The highest BCUT2D eigenvalue weighted by molar-refractivity contribution is 6.07. The maximum Gasteiger partial charge on any atom is 0.272 e. The number of anilines is 3. The van der Waals surface area contributed by atoms with Gasteiger partial charge in [-0.15, -0.1) is 0 Å². The van der Waals surface area contributed by atoms with Gasteiger partial charge in [-0.25, -0.2) is 4.98 Å². The number of benzene rings is 1. The fourth-order valence-corrected chi connectivity index (χ4v) is 2.62. The first-order valence-electron chi connectivity index (χ1n) is 7.99. The predicted molar refractivity (Wildman–Crippen MR) is 97.4 cm³/mol. The molecule has 0 bridgehead atoms. The van der Waals surface area contributed by atoms with Crippen LogP contribution in [0.5, 0.6) is 5.75 Å². The summed E-state index contributed by atoms with van der Waals surface area (Å²) >= 11 is 0. The van der Waals surface area contributed by atoms with E-state index in [1.54, 1.807) is 26.0 Å². The molecule has 10 heteroatoms. The summed E-state index contributed by atoms with van der Waals surface area (Å²) < 4.78 is 5.65. The zero-order valence-electron chi connectivity index (χ0n) is 14.6. The van der Waals surface area contributed by atoms with Gasteiger partial charge < -0.3 is 15.8 Å². The molecule has 0 spiro atoms. The number of nitro groups is 1. The number of ether oxygens (including phenoxy) is 1. The molecule has 2 amide bonds. The molecule has 27 heavy (non-hydrogen) atoms. The van der Waals surface area contributed by atoms with Gasteiger partial charge >= 0.3 is 0 Å². The smallest absolute Gasteiger partial charge is 0.272 e. The Kier molecular flexibility index (Phi) is 4.40. The van der Waals surface area contributed by atoms with Crippen molar-refractivity contribution in [2.75, 3.05) is 22.5 Å². The Bertz CT molecular complexity index is 926. The summed E-state index contributed by atoms with van der Waals surface area (Å²) in [5, 5.41) is 13.3. The SMILES string of the molecule is CC1(C)Oc2ccc(N)nc2N(CC(=O)Nc2ccc([N+](=O)[O-])cc2)C1=O. The lowest BCUT2D eigenvalue weighted by molar-refractivity contribution is -0.384. The van der Waals surface area contributed by atoms with Crippen molar-refractivity contribution >= 4 is 34.8 Å². The average molecular weight is 371 g/mol. The molecule has 2 heterocycles. The largest absolute Gasteiger partial charge is 0.474 e. The highest BCUT2D eigenvalue weighted by Crippen LogP contribution is 2.36. The molecule has 140 valence electrons. The minimum absolute atomic E-state index is 0.0910. The summed E-state index contributed by atoms with van der Waals surface area (Å²) in [6, 6.07) is 8.50.